The standard InChI is InChI=1S/C25H28N2O/c1-20-16-27(17-21-8-4-2-5-9-21)18-25(26-20)23-12-14-24(15-13-23)28-19-22-10-6-3-7-11-22/h2-15,20,25-26H,16-19H2,1H3. The number of hydrogen-bond acceptors (Lipinski definition) is 3. The molecule has 2 unspecified atom stereocenters. The summed E-state index contributed by atoms with van der Waals surface area (Å²) in [7, 11) is 0. The lowest BCUT2D eigenvalue weighted by molar-refractivity contribution is 0.160. The van der Waals surface area contributed by atoms with Crippen LogP contribution in [0.1, 0.15) is 29.7 Å². The third-order valence-electron chi connectivity index (χ3n) is 5.24. The smallest absolute Gasteiger partial charge is 0.119 e. The number of benzene rings is 3. The Morgan fingerprint density at radius 3 is 2.14 bits per heavy atom. The summed E-state index contributed by atoms with van der Waals surface area (Å²) in [6.45, 7) is 5.96. The van der Waals surface area contributed by atoms with Crippen LogP contribution >= 0.6 is 0 Å². The van der Waals surface area contributed by atoms with E-state index in [4.69, 9.17) is 4.74 Å². The molecule has 2 atom stereocenters. The van der Waals surface area contributed by atoms with Crippen molar-refractivity contribution in [2.45, 2.75) is 32.2 Å². The summed E-state index contributed by atoms with van der Waals surface area (Å²) in [5.41, 5.74) is 3.88. The van der Waals surface area contributed by atoms with E-state index >= 15 is 0 Å². The van der Waals surface area contributed by atoms with Gasteiger partial charge in [0.15, 0.2) is 0 Å². The molecule has 3 aromatic rings. The van der Waals surface area contributed by atoms with E-state index in [1.54, 1.807) is 0 Å². The summed E-state index contributed by atoms with van der Waals surface area (Å²) in [6.07, 6.45) is 0. The second kappa shape index (κ2) is 9.05. The topological polar surface area (TPSA) is 24.5 Å². The van der Waals surface area contributed by atoms with Gasteiger partial charge in [-0.3, -0.25) is 4.90 Å². The minimum absolute atomic E-state index is 0.343. The molecule has 0 saturated carbocycles. The van der Waals surface area contributed by atoms with Gasteiger partial charge in [-0.15, -0.1) is 0 Å². The largest absolute Gasteiger partial charge is 0.489 e. The fraction of sp³-hybridized carbons (Fsp3) is 0.280. The normalized spacial score (nSPS) is 20.0. The molecule has 0 radical (unpaired) electrons. The quantitative estimate of drug-likeness (QED) is 0.673. The average molecular weight is 373 g/mol. The molecule has 1 aliphatic rings. The van der Waals surface area contributed by atoms with Gasteiger partial charge in [-0.2, -0.15) is 0 Å². The van der Waals surface area contributed by atoms with Crippen LogP contribution in [0.15, 0.2) is 84.9 Å². The molecule has 0 aliphatic carbocycles. The summed E-state index contributed by atoms with van der Waals surface area (Å²) in [5, 5.41) is 3.74. The van der Waals surface area contributed by atoms with Gasteiger partial charge in [-0.05, 0) is 35.7 Å². The first kappa shape index (κ1) is 18.7. The molecule has 3 nitrogen and oxygen atoms in total. The van der Waals surface area contributed by atoms with Crippen LogP contribution in [0.3, 0.4) is 0 Å². The van der Waals surface area contributed by atoms with Gasteiger partial charge >= 0.3 is 0 Å². The fourth-order valence-corrected chi connectivity index (χ4v) is 3.88. The van der Waals surface area contributed by atoms with Crippen molar-refractivity contribution in [1.29, 1.82) is 0 Å². The van der Waals surface area contributed by atoms with Crippen molar-refractivity contribution in [3.63, 3.8) is 0 Å². The molecule has 0 amide bonds. The summed E-state index contributed by atoms with van der Waals surface area (Å²) in [5.74, 6) is 0.914. The number of ether oxygens (including phenoxy) is 1. The van der Waals surface area contributed by atoms with Crippen molar-refractivity contribution in [2.24, 2.45) is 0 Å². The number of rotatable bonds is 6. The highest BCUT2D eigenvalue weighted by atomic mass is 16.5. The highest BCUT2D eigenvalue weighted by Gasteiger charge is 2.25. The molecule has 0 spiro atoms. The summed E-state index contributed by atoms with van der Waals surface area (Å²) in [6, 6.07) is 30.4. The molecule has 1 heterocycles. The summed E-state index contributed by atoms with van der Waals surface area (Å²) < 4.78 is 5.92. The second-order valence-corrected chi connectivity index (χ2v) is 7.64. The van der Waals surface area contributed by atoms with Gasteiger partial charge < -0.3 is 10.1 Å². The van der Waals surface area contributed by atoms with Crippen molar-refractivity contribution in [1.82, 2.24) is 10.2 Å². The highest BCUT2D eigenvalue weighted by molar-refractivity contribution is 5.30. The first-order valence-electron chi connectivity index (χ1n) is 10.1. The molecule has 1 N–H and O–H groups in total. The molecular weight excluding hydrogens is 344 g/mol. The lowest BCUT2D eigenvalue weighted by atomic mass is 10.0. The molecular formula is C25H28N2O. The van der Waals surface area contributed by atoms with Gasteiger partial charge in [0.2, 0.25) is 0 Å². The second-order valence-electron chi connectivity index (χ2n) is 7.64. The van der Waals surface area contributed by atoms with Crippen molar-refractivity contribution in [2.75, 3.05) is 13.1 Å². The Labute approximate surface area is 168 Å². The first-order valence-corrected chi connectivity index (χ1v) is 10.1. The Kier molecular flexibility index (Phi) is 6.05. The van der Waals surface area contributed by atoms with Crippen molar-refractivity contribution < 1.29 is 4.74 Å². The average Bonchev–Trinajstić information content (AvgIpc) is 2.74. The molecule has 4 rings (SSSR count). The predicted molar refractivity (Wildman–Crippen MR) is 114 cm³/mol. The molecule has 0 aromatic heterocycles. The van der Waals surface area contributed by atoms with Crippen LogP contribution in [0.25, 0.3) is 0 Å². The lowest BCUT2D eigenvalue weighted by Crippen LogP contribution is -2.50. The van der Waals surface area contributed by atoms with Crippen LogP contribution in [0.4, 0.5) is 0 Å². The van der Waals surface area contributed by atoms with Crippen LogP contribution in [0.5, 0.6) is 5.75 Å². The number of hydrogen-bond donors (Lipinski definition) is 1. The molecule has 1 fully saturated rings. The van der Waals surface area contributed by atoms with Gasteiger partial charge in [0.25, 0.3) is 0 Å². The van der Waals surface area contributed by atoms with Crippen molar-refractivity contribution >= 4 is 0 Å². The predicted octanol–water partition coefficient (Wildman–Crippen LogP) is 4.80. The molecule has 1 aliphatic heterocycles. The Hall–Kier alpha value is -2.62. The zero-order chi connectivity index (χ0) is 19.2. The first-order chi connectivity index (χ1) is 13.8. The van der Waals surface area contributed by atoms with Crippen molar-refractivity contribution in [3.05, 3.63) is 102 Å². The van der Waals surface area contributed by atoms with Crippen LogP contribution in [-0.4, -0.2) is 24.0 Å². The van der Waals surface area contributed by atoms with Crippen molar-refractivity contribution in [3.8, 4) is 5.75 Å². The van der Waals surface area contributed by atoms with E-state index in [9.17, 15) is 0 Å². The highest BCUT2D eigenvalue weighted by Crippen LogP contribution is 2.23. The monoisotopic (exact) mass is 372 g/mol. The van der Waals surface area contributed by atoms with Crippen LogP contribution in [0.2, 0.25) is 0 Å². The fourth-order valence-electron chi connectivity index (χ4n) is 3.88. The molecule has 3 aromatic carbocycles. The lowest BCUT2D eigenvalue weighted by Gasteiger charge is -2.38. The molecule has 28 heavy (non-hydrogen) atoms. The van der Waals surface area contributed by atoms with E-state index in [2.05, 4.69) is 83.9 Å². The minimum Gasteiger partial charge on any atom is -0.489 e. The number of piperazine rings is 1. The van der Waals surface area contributed by atoms with Gasteiger partial charge in [-0.1, -0.05) is 72.8 Å². The zero-order valence-electron chi connectivity index (χ0n) is 16.4. The van der Waals surface area contributed by atoms with Gasteiger partial charge in [0.05, 0.1) is 0 Å². The third kappa shape index (κ3) is 5.00. The van der Waals surface area contributed by atoms with E-state index < -0.39 is 0 Å². The molecule has 0 bridgehead atoms. The number of nitrogens with zero attached hydrogens (tertiary/aromatic N) is 1. The SMILES string of the molecule is CC1CN(Cc2ccccc2)CC(c2ccc(OCc3ccccc3)cc2)N1. The summed E-state index contributed by atoms with van der Waals surface area (Å²) >= 11 is 0. The maximum atomic E-state index is 5.92. The van der Waals surface area contributed by atoms with E-state index in [-0.39, 0.29) is 0 Å². The van der Waals surface area contributed by atoms with E-state index in [0.29, 0.717) is 18.7 Å². The third-order valence-corrected chi connectivity index (χ3v) is 5.24. The molecule has 1 saturated heterocycles. The maximum Gasteiger partial charge on any atom is 0.119 e. The van der Waals surface area contributed by atoms with E-state index in [0.717, 1.165) is 25.4 Å². The van der Waals surface area contributed by atoms with Gasteiger partial charge in [0, 0.05) is 31.7 Å². The van der Waals surface area contributed by atoms with Gasteiger partial charge in [-0.25, -0.2) is 0 Å². The van der Waals surface area contributed by atoms with Crippen LogP contribution in [0, 0.1) is 0 Å². The van der Waals surface area contributed by atoms with Gasteiger partial charge in [0.1, 0.15) is 12.4 Å². The number of nitrogens with one attached hydrogen (secondary N) is 1. The maximum absolute atomic E-state index is 5.92. The van der Waals surface area contributed by atoms with Crippen LogP contribution < -0.4 is 10.1 Å². The Balaban J connectivity index is 1.37. The Bertz CT molecular complexity index is 849. The van der Waals surface area contributed by atoms with E-state index in [1.165, 1.54) is 16.7 Å². The molecule has 144 valence electrons. The van der Waals surface area contributed by atoms with E-state index in [1.807, 2.05) is 18.2 Å². The zero-order valence-corrected chi connectivity index (χ0v) is 16.4. The Morgan fingerprint density at radius 2 is 1.46 bits per heavy atom. The summed E-state index contributed by atoms with van der Waals surface area (Å²) in [4.78, 5) is 2.54. The Morgan fingerprint density at radius 1 is 0.821 bits per heavy atom. The molecule has 3 heteroatoms. The minimum atomic E-state index is 0.343. The van der Waals surface area contributed by atoms with Crippen LogP contribution in [-0.2, 0) is 13.2 Å².